The maximum atomic E-state index is 11.8. The van der Waals surface area contributed by atoms with Gasteiger partial charge in [-0.2, -0.15) is 0 Å². The van der Waals surface area contributed by atoms with E-state index in [1.165, 1.54) is 7.11 Å². The first-order chi connectivity index (χ1) is 9.58. The lowest BCUT2D eigenvalue weighted by Crippen LogP contribution is -2.52. The smallest absolute Gasteiger partial charge is 0.326 e. The van der Waals surface area contributed by atoms with Gasteiger partial charge in [0.1, 0.15) is 11.3 Å². The molecule has 2 atom stereocenters. The zero-order valence-corrected chi connectivity index (χ0v) is 12.2. The van der Waals surface area contributed by atoms with Crippen molar-refractivity contribution >= 4 is 5.97 Å². The van der Waals surface area contributed by atoms with Crippen LogP contribution >= 0.6 is 0 Å². The van der Waals surface area contributed by atoms with Crippen molar-refractivity contribution in [1.29, 1.82) is 0 Å². The van der Waals surface area contributed by atoms with Gasteiger partial charge in [0.15, 0.2) is 0 Å². The van der Waals surface area contributed by atoms with Gasteiger partial charge in [0, 0.05) is 0 Å². The number of nitrogens with two attached hydrogens (primary N) is 1. The number of benzene rings is 1. The Bertz CT molecular complexity index is 475. The molecule has 0 radical (unpaired) electrons. The summed E-state index contributed by atoms with van der Waals surface area (Å²) in [6, 6.07) is 7.92. The van der Waals surface area contributed by atoms with Crippen LogP contribution in [0.2, 0.25) is 0 Å². The van der Waals surface area contributed by atoms with E-state index in [-0.39, 0.29) is 11.9 Å². The van der Waals surface area contributed by atoms with E-state index in [1.54, 1.807) is 0 Å². The highest BCUT2D eigenvalue weighted by molar-refractivity contribution is 5.81. The number of aryl methyl sites for hydroxylation is 1. The normalized spacial score (nSPS) is 25.4. The Balaban J connectivity index is 1.91. The largest absolute Gasteiger partial charge is 0.493 e. The molecule has 1 fully saturated rings. The second kappa shape index (κ2) is 6.27. The van der Waals surface area contributed by atoms with E-state index in [4.69, 9.17) is 15.2 Å². The third-order valence-corrected chi connectivity index (χ3v) is 4.25. The van der Waals surface area contributed by atoms with Gasteiger partial charge in [-0.1, -0.05) is 24.6 Å². The van der Waals surface area contributed by atoms with Crippen molar-refractivity contribution < 1.29 is 14.3 Å². The Hall–Kier alpha value is -1.55. The van der Waals surface area contributed by atoms with Crippen LogP contribution < -0.4 is 10.5 Å². The number of esters is 1. The molecule has 4 heteroatoms. The van der Waals surface area contributed by atoms with Crippen LogP contribution in [0.5, 0.6) is 5.75 Å². The summed E-state index contributed by atoms with van der Waals surface area (Å²) >= 11 is 0. The SMILES string of the molecule is COC(=O)C1(N)CCCC1CCOc1ccccc1C. The highest BCUT2D eigenvalue weighted by Gasteiger charge is 2.46. The Morgan fingerprint density at radius 1 is 1.45 bits per heavy atom. The van der Waals surface area contributed by atoms with Crippen molar-refractivity contribution in [2.24, 2.45) is 11.7 Å². The number of para-hydroxylation sites is 1. The fraction of sp³-hybridized carbons (Fsp3) is 0.562. The minimum absolute atomic E-state index is 0.138. The number of hydrogen-bond donors (Lipinski definition) is 1. The Kier molecular flexibility index (Phi) is 4.65. The lowest BCUT2D eigenvalue weighted by atomic mass is 9.86. The number of ether oxygens (including phenoxy) is 2. The molecule has 1 aromatic rings. The lowest BCUT2D eigenvalue weighted by molar-refractivity contribution is -0.148. The Morgan fingerprint density at radius 2 is 2.20 bits per heavy atom. The van der Waals surface area contributed by atoms with E-state index in [2.05, 4.69) is 0 Å². The molecule has 110 valence electrons. The van der Waals surface area contributed by atoms with E-state index in [0.29, 0.717) is 13.0 Å². The van der Waals surface area contributed by atoms with E-state index in [9.17, 15) is 4.79 Å². The molecule has 1 saturated carbocycles. The van der Waals surface area contributed by atoms with Crippen LogP contribution in [0.3, 0.4) is 0 Å². The molecule has 4 nitrogen and oxygen atoms in total. The van der Waals surface area contributed by atoms with Crippen LogP contribution in [-0.2, 0) is 9.53 Å². The van der Waals surface area contributed by atoms with E-state index in [0.717, 1.165) is 30.6 Å². The zero-order chi connectivity index (χ0) is 14.6. The number of carbonyl (C=O) groups excluding carboxylic acids is 1. The third kappa shape index (κ3) is 2.96. The predicted octanol–water partition coefficient (Wildman–Crippen LogP) is 2.43. The van der Waals surface area contributed by atoms with Crippen molar-refractivity contribution in [2.75, 3.05) is 13.7 Å². The molecule has 1 aromatic carbocycles. The van der Waals surface area contributed by atoms with Crippen LogP contribution in [0.25, 0.3) is 0 Å². The van der Waals surface area contributed by atoms with Gasteiger partial charge in [0.25, 0.3) is 0 Å². The highest BCUT2D eigenvalue weighted by Crippen LogP contribution is 2.37. The summed E-state index contributed by atoms with van der Waals surface area (Å²) in [5, 5.41) is 0. The van der Waals surface area contributed by atoms with Crippen LogP contribution in [0.15, 0.2) is 24.3 Å². The number of methoxy groups -OCH3 is 1. The van der Waals surface area contributed by atoms with Crippen LogP contribution in [0.4, 0.5) is 0 Å². The van der Waals surface area contributed by atoms with Gasteiger partial charge in [-0.25, -0.2) is 0 Å². The second-order valence-electron chi connectivity index (χ2n) is 5.52. The van der Waals surface area contributed by atoms with Gasteiger partial charge in [-0.05, 0) is 43.7 Å². The standard InChI is InChI=1S/C16H23NO3/c1-12-6-3-4-8-14(12)20-11-9-13-7-5-10-16(13,17)15(18)19-2/h3-4,6,8,13H,5,7,9-11,17H2,1-2H3. The summed E-state index contributed by atoms with van der Waals surface area (Å²) < 4.78 is 10.6. The minimum atomic E-state index is -0.830. The molecule has 1 aliphatic carbocycles. The van der Waals surface area contributed by atoms with Gasteiger partial charge < -0.3 is 15.2 Å². The van der Waals surface area contributed by atoms with E-state index < -0.39 is 5.54 Å². The topological polar surface area (TPSA) is 61.5 Å². The highest BCUT2D eigenvalue weighted by atomic mass is 16.5. The average Bonchev–Trinajstić information content (AvgIpc) is 2.83. The molecule has 2 rings (SSSR count). The zero-order valence-electron chi connectivity index (χ0n) is 12.2. The van der Waals surface area contributed by atoms with Gasteiger partial charge in [-0.3, -0.25) is 4.79 Å². The maximum Gasteiger partial charge on any atom is 0.326 e. The number of carbonyl (C=O) groups is 1. The fourth-order valence-electron chi connectivity index (χ4n) is 2.99. The number of hydrogen-bond acceptors (Lipinski definition) is 4. The average molecular weight is 277 g/mol. The predicted molar refractivity (Wildman–Crippen MR) is 77.6 cm³/mol. The van der Waals surface area contributed by atoms with Crippen LogP contribution in [-0.4, -0.2) is 25.2 Å². The Labute approximate surface area is 120 Å². The van der Waals surface area contributed by atoms with Crippen molar-refractivity contribution in [1.82, 2.24) is 0 Å². The first kappa shape index (κ1) is 14.9. The van der Waals surface area contributed by atoms with E-state index >= 15 is 0 Å². The van der Waals surface area contributed by atoms with Crippen LogP contribution in [0.1, 0.15) is 31.2 Å². The third-order valence-electron chi connectivity index (χ3n) is 4.25. The van der Waals surface area contributed by atoms with Gasteiger partial charge >= 0.3 is 5.97 Å². The van der Waals surface area contributed by atoms with Crippen LogP contribution in [0, 0.1) is 12.8 Å². The second-order valence-corrected chi connectivity index (χ2v) is 5.52. The fourth-order valence-corrected chi connectivity index (χ4v) is 2.99. The van der Waals surface area contributed by atoms with Gasteiger partial charge in [0.05, 0.1) is 13.7 Å². The van der Waals surface area contributed by atoms with Crippen molar-refractivity contribution in [2.45, 2.75) is 38.1 Å². The molecule has 0 aromatic heterocycles. The molecule has 2 N–H and O–H groups in total. The van der Waals surface area contributed by atoms with Crippen molar-refractivity contribution in [3.05, 3.63) is 29.8 Å². The molecular weight excluding hydrogens is 254 g/mol. The Morgan fingerprint density at radius 3 is 2.90 bits per heavy atom. The molecular formula is C16H23NO3. The monoisotopic (exact) mass is 277 g/mol. The lowest BCUT2D eigenvalue weighted by Gasteiger charge is -2.28. The summed E-state index contributed by atoms with van der Waals surface area (Å²) in [6.07, 6.45) is 3.41. The number of rotatable bonds is 5. The molecule has 2 unspecified atom stereocenters. The molecule has 0 saturated heterocycles. The van der Waals surface area contributed by atoms with Gasteiger partial charge in [0.2, 0.25) is 0 Å². The molecule has 0 heterocycles. The maximum absolute atomic E-state index is 11.8. The minimum Gasteiger partial charge on any atom is -0.493 e. The van der Waals surface area contributed by atoms with Gasteiger partial charge in [-0.15, -0.1) is 0 Å². The summed E-state index contributed by atoms with van der Waals surface area (Å²) in [5.41, 5.74) is 6.52. The molecule has 0 bridgehead atoms. The first-order valence-corrected chi connectivity index (χ1v) is 7.13. The molecule has 1 aliphatic rings. The summed E-state index contributed by atoms with van der Waals surface area (Å²) in [5.74, 6) is 0.737. The molecule has 0 spiro atoms. The molecule has 0 aliphatic heterocycles. The summed E-state index contributed by atoms with van der Waals surface area (Å²) in [4.78, 5) is 11.8. The van der Waals surface area contributed by atoms with Crippen molar-refractivity contribution in [3.8, 4) is 5.75 Å². The van der Waals surface area contributed by atoms with Crippen molar-refractivity contribution in [3.63, 3.8) is 0 Å². The first-order valence-electron chi connectivity index (χ1n) is 7.13. The molecule has 0 amide bonds. The quantitative estimate of drug-likeness (QED) is 0.840. The summed E-state index contributed by atoms with van der Waals surface area (Å²) in [7, 11) is 1.40. The molecule has 20 heavy (non-hydrogen) atoms. The summed E-state index contributed by atoms with van der Waals surface area (Å²) in [6.45, 7) is 2.60. The van der Waals surface area contributed by atoms with E-state index in [1.807, 2.05) is 31.2 Å².